The zero-order valence-corrected chi connectivity index (χ0v) is 15.5. The Morgan fingerprint density at radius 1 is 1.08 bits per heavy atom. The Hall–Kier alpha value is -2.07. The molecule has 0 aromatic heterocycles. The summed E-state index contributed by atoms with van der Waals surface area (Å²) in [7, 11) is 0. The lowest BCUT2D eigenvalue weighted by Gasteiger charge is -2.27. The molecule has 2 rings (SSSR count). The number of rotatable bonds is 7. The first-order valence-electron chi connectivity index (χ1n) is 8.41. The van der Waals surface area contributed by atoms with Gasteiger partial charge in [-0.15, -0.1) is 0 Å². The van der Waals surface area contributed by atoms with Gasteiger partial charge >= 0.3 is 0 Å². The van der Waals surface area contributed by atoms with Crippen LogP contribution in [-0.4, -0.2) is 23.2 Å². The second-order valence-electron chi connectivity index (χ2n) is 6.15. The van der Waals surface area contributed by atoms with E-state index in [1.807, 2.05) is 37.3 Å². The smallest absolute Gasteiger partial charge is 0.173 e. The van der Waals surface area contributed by atoms with E-state index >= 15 is 0 Å². The topological polar surface area (TPSA) is 24.5 Å². The van der Waals surface area contributed by atoms with E-state index in [1.54, 1.807) is 0 Å². The monoisotopic (exact) mass is 342 g/mol. The molecular formula is C20H26N2OS. The summed E-state index contributed by atoms with van der Waals surface area (Å²) in [5, 5.41) is 4.09. The van der Waals surface area contributed by atoms with Crippen LogP contribution in [0.15, 0.2) is 54.6 Å². The minimum atomic E-state index is 0.536. The van der Waals surface area contributed by atoms with Gasteiger partial charge in [0.05, 0.1) is 6.61 Å². The Bertz CT molecular complexity index is 626. The molecular weight excluding hydrogens is 316 g/mol. The van der Waals surface area contributed by atoms with Gasteiger partial charge in [-0.1, -0.05) is 44.2 Å². The highest BCUT2D eigenvalue weighted by Gasteiger charge is 2.12. The summed E-state index contributed by atoms with van der Waals surface area (Å²) in [6.45, 7) is 8.79. The van der Waals surface area contributed by atoms with Crippen molar-refractivity contribution in [1.29, 1.82) is 0 Å². The first-order chi connectivity index (χ1) is 11.6. The quantitative estimate of drug-likeness (QED) is 0.720. The van der Waals surface area contributed by atoms with Crippen LogP contribution < -0.4 is 10.1 Å². The molecule has 0 heterocycles. The molecule has 4 heteroatoms. The van der Waals surface area contributed by atoms with E-state index in [1.165, 1.54) is 5.56 Å². The average molecular weight is 343 g/mol. The summed E-state index contributed by atoms with van der Waals surface area (Å²) in [5.41, 5.74) is 2.24. The zero-order chi connectivity index (χ0) is 17.4. The first kappa shape index (κ1) is 18.3. The number of thiocarbonyl (C=S) groups is 1. The van der Waals surface area contributed by atoms with E-state index in [-0.39, 0.29) is 0 Å². The zero-order valence-electron chi connectivity index (χ0n) is 14.7. The summed E-state index contributed by atoms with van der Waals surface area (Å²) in [6.07, 6.45) is 0. The Morgan fingerprint density at radius 3 is 2.33 bits per heavy atom. The molecule has 0 spiro atoms. The number of nitrogens with one attached hydrogen (secondary N) is 1. The van der Waals surface area contributed by atoms with Crippen LogP contribution in [0.3, 0.4) is 0 Å². The highest BCUT2D eigenvalue weighted by molar-refractivity contribution is 7.80. The predicted molar refractivity (Wildman–Crippen MR) is 106 cm³/mol. The molecule has 3 nitrogen and oxygen atoms in total. The van der Waals surface area contributed by atoms with Crippen molar-refractivity contribution in [2.45, 2.75) is 27.3 Å². The van der Waals surface area contributed by atoms with Gasteiger partial charge in [0, 0.05) is 18.8 Å². The van der Waals surface area contributed by atoms with E-state index in [4.69, 9.17) is 17.0 Å². The molecule has 2 aromatic rings. The van der Waals surface area contributed by atoms with Gasteiger partial charge < -0.3 is 15.0 Å². The standard InChI is InChI=1S/C20H26N2OS/c1-4-23-19-12-10-18(11-13-19)21-20(24)22(14-16(2)3)15-17-8-6-5-7-9-17/h5-13,16H,4,14-15H2,1-3H3,(H,21,24). The average Bonchev–Trinajstić information content (AvgIpc) is 2.57. The normalized spacial score (nSPS) is 10.5. The Labute approximate surface area is 150 Å². The lowest BCUT2D eigenvalue weighted by molar-refractivity contribution is 0.340. The third kappa shape index (κ3) is 5.85. The lowest BCUT2D eigenvalue weighted by atomic mass is 10.1. The Morgan fingerprint density at radius 2 is 1.75 bits per heavy atom. The maximum atomic E-state index is 5.64. The van der Waals surface area contributed by atoms with Gasteiger partial charge in [-0.2, -0.15) is 0 Å². The van der Waals surface area contributed by atoms with Crippen LogP contribution in [0.5, 0.6) is 5.75 Å². The molecule has 0 aliphatic carbocycles. The third-order valence-electron chi connectivity index (χ3n) is 3.51. The van der Waals surface area contributed by atoms with Crippen LogP contribution in [0.4, 0.5) is 5.69 Å². The van der Waals surface area contributed by atoms with E-state index < -0.39 is 0 Å². The number of anilines is 1. The third-order valence-corrected chi connectivity index (χ3v) is 3.87. The Balaban J connectivity index is 2.03. The molecule has 0 atom stereocenters. The number of nitrogens with zero attached hydrogens (tertiary/aromatic N) is 1. The van der Waals surface area contributed by atoms with Gasteiger partial charge in [-0.05, 0) is 54.9 Å². The van der Waals surface area contributed by atoms with Crippen LogP contribution >= 0.6 is 12.2 Å². The molecule has 0 unspecified atom stereocenters. The van der Waals surface area contributed by atoms with E-state index in [0.29, 0.717) is 12.5 Å². The molecule has 1 N–H and O–H groups in total. The fraction of sp³-hybridized carbons (Fsp3) is 0.350. The van der Waals surface area contributed by atoms with Crippen molar-refractivity contribution in [3.63, 3.8) is 0 Å². The molecule has 0 aliphatic heterocycles. The second kappa shape index (κ2) is 9.28. The molecule has 0 saturated heterocycles. The maximum Gasteiger partial charge on any atom is 0.173 e. The van der Waals surface area contributed by atoms with Gasteiger partial charge in [0.25, 0.3) is 0 Å². The second-order valence-corrected chi connectivity index (χ2v) is 6.53. The highest BCUT2D eigenvalue weighted by atomic mass is 32.1. The van der Waals surface area contributed by atoms with Gasteiger partial charge in [0.2, 0.25) is 0 Å². The van der Waals surface area contributed by atoms with Crippen molar-refractivity contribution in [3.05, 3.63) is 60.2 Å². The summed E-state index contributed by atoms with van der Waals surface area (Å²) >= 11 is 5.64. The number of hydrogen-bond acceptors (Lipinski definition) is 2. The van der Waals surface area contributed by atoms with Crippen molar-refractivity contribution >= 4 is 23.0 Å². The molecule has 2 aromatic carbocycles. The highest BCUT2D eigenvalue weighted by Crippen LogP contribution is 2.17. The maximum absolute atomic E-state index is 5.64. The molecule has 0 amide bonds. The minimum absolute atomic E-state index is 0.536. The SMILES string of the molecule is CCOc1ccc(NC(=S)N(Cc2ccccc2)CC(C)C)cc1. The van der Waals surface area contributed by atoms with Crippen LogP contribution in [0.25, 0.3) is 0 Å². The van der Waals surface area contributed by atoms with E-state index in [0.717, 1.165) is 29.6 Å². The van der Waals surface area contributed by atoms with Gasteiger partial charge in [0.1, 0.15) is 5.75 Å². The number of hydrogen-bond donors (Lipinski definition) is 1. The first-order valence-corrected chi connectivity index (χ1v) is 8.82. The van der Waals surface area contributed by atoms with Crippen LogP contribution in [0.1, 0.15) is 26.3 Å². The minimum Gasteiger partial charge on any atom is -0.494 e. The largest absolute Gasteiger partial charge is 0.494 e. The van der Waals surface area contributed by atoms with E-state index in [2.05, 4.69) is 48.3 Å². The summed E-state index contributed by atoms with van der Waals surface area (Å²) < 4.78 is 5.47. The fourth-order valence-corrected chi connectivity index (χ4v) is 2.72. The van der Waals surface area contributed by atoms with Crippen LogP contribution in [0.2, 0.25) is 0 Å². The van der Waals surface area contributed by atoms with Gasteiger partial charge in [-0.25, -0.2) is 0 Å². The van der Waals surface area contributed by atoms with Crippen molar-refractivity contribution in [2.24, 2.45) is 5.92 Å². The summed E-state index contributed by atoms with van der Waals surface area (Å²) in [5.74, 6) is 1.41. The molecule has 128 valence electrons. The molecule has 24 heavy (non-hydrogen) atoms. The van der Waals surface area contributed by atoms with Crippen molar-refractivity contribution in [2.75, 3.05) is 18.5 Å². The Kier molecular flexibility index (Phi) is 7.07. The molecule has 0 bridgehead atoms. The van der Waals surface area contributed by atoms with E-state index in [9.17, 15) is 0 Å². The number of ether oxygens (including phenoxy) is 1. The number of benzene rings is 2. The van der Waals surface area contributed by atoms with Crippen molar-refractivity contribution in [3.8, 4) is 5.75 Å². The van der Waals surface area contributed by atoms with Gasteiger partial charge in [0.15, 0.2) is 5.11 Å². The molecule has 0 radical (unpaired) electrons. The summed E-state index contributed by atoms with van der Waals surface area (Å²) in [6, 6.07) is 18.3. The van der Waals surface area contributed by atoms with Gasteiger partial charge in [-0.3, -0.25) is 0 Å². The van der Waals surface area contributed by atoms with Crippen LogP contribution in [-0.2, 0) is 6.54 Å². The van der Waals surface area contributed by atoms with Crippen molar-refractivity contribution < 1.29 is 4.74 Å². The molecule has 0 aliphatic rings. The molecule has 0 fully saturated rings. The molecule has 0 saturated carbocycles. The van der Waals surface area contributed by atoms with Crippen molar-refractivity contribution in [1.82, 2.24) is 4.90 Å². The summed E-state index contributed by atoms with van der Waals surface area (Å²) in [4.78, 5) is 2.21. The lowest BCUT2D eigenvalue weighted by Crippen LogP contribution is -2.36. The van der Waals surface area contributed by atoms with Crippen LogP contribution in [0, 0.1) is 5.92 Å². The predicted octanol–water partition coefficient (Wildman–Crippen LogP) is 4.94. The fourth-order valence-electron chi connectivity index (χ4n) is 2.47.